The van der Waals surface area contributed by atoms with Crippen LogP contribution in [0.2, 0.25) is 0 Å². The molecule has 0 unspecified atom stereocenters. The number of benzene rings is 2. The molecule has 19 nitrogen and oxygen atoms in total. The van der Waals surface area contributed by atoms with Crippen LogP contribution in [0.25, 0.3) is 10.8 Å². The van der Waals surface area contributed by atoms with Crippen molar-refractivity contribution < 1.29 is 68.1 Å². The average Bonchev–Trinajstić information content (AvgIpc) is 3.59. The van der Waals surface area contributed by atoms with E-state index in [0.717, 1.165) is 32.2 Å². The minimum atomic E-state index is -2.09. The molecule has 5 rings (SSSR count). The maximum atomic E-state index is 14.6. The fraction of sp³-hybridized carbons (Fsp3) is 0.569. The van der Waals surface area contributed by atoms with Gasteiger partial charge in [-0.25, -0.2) is 0 Å². The number of unbranched alkanes of at least 4 members (excludes halogenated alkanes) is 2. The number of carbonyl (C=O) groups is 5. The lowest BCUT2D eigenvalue weighted by Crippen LogP contribution is -2.46. The van der Waals surface area contributed by atoms with E-state index in [1.807, 2.05) is 0 Å². The van der Waals surface area contributed by atoms with Crippen molar-refractivity contribution in [2.24, 2.45) is 23.7 Å². The normalized spacial score (nSPS) is 26.6. The molecule has 3 heterocycles. The van der Waals surface area contributed by atoms with Crippen LogP contribution in [0, 0.1) is 36.0 Å². The number of hydrogen-bond donors (Lipinski definition) is 9. The van der Waals surface area contributed by atoms with Gasteiger partial charge in [0.15, 0.2) is 12.4 Å². The smallest absolute Gasteiger partial charge is 0.312 e. The lowest BCUT2D eigenvalue weighted by Gasteiger charge is -2.38. The third-order valence-electron chi connectivity index (χ3n) is 12.8. The van der Waals surface area contributed by atoms with E-state index in [4.69, 9.17) is 29.1 Å². The molecule has 9 atom stereocenters. The third kappa shape index (κ3) is 14.9. The number of thioether (sulfide) groups is 1. The van der Waals surface area contributed by atoms with Gasteiger partial charge in [0.25, 0.3) is 17.6 Å². The molecule has 392 valence electrons. The maximum Gasteiger partial charge on any atom is 0.312 e. The van der Waals surface area contributed by atoms with Gasteiger partial charge in [0.05, 0.1) is 59.5 Å². The van der Waals surface area contributed by atoms with Gasteiger partial charge in [-0.2, -0.15) is 11.8 Å². The summed E-state index contributed by atoms with van der Waals surface area (Å²) in [6.45, 7) is 14.4. The first-order valence-electron chi connectivity index (χ1n) is 24.0. The summed E-state index contributed by atoms with van der Waals surface area (Å²) in [5, 5.41) is 64.8. The van der Waals surface area contributed by atoms with Crippen LogP contribution in [0.4, 0.5) is 5.69 Å². The molecule has 2 aromatic rings. The number of fused-ring (bicyclic) bond motifs is 14. The Kier molecular flexibility index (Phi) is 21.6. The summed E-state index contributed by atoms with van der Waals surface area (Å²) in [7, 11) is 1.42. The zero-order chi connectivity index (χ0) is 52.7. The number of aromatic hydroxyl groups is 2. The second-order valence-electron chi connectivity index (χ2n) is 18.3. The van der Waals surface area contributed by atoms with Gasteiger partial charge in [0.2, 0.25) is 5.91 Å². The Morgan fingerprint density at radius 3 is 2.31 bits per heavy atom. The summed E-state index contributed by atoms with van der Waals surface area (Å²) in [5.41, 5.74) is -0.239. The lowest BCUT2D eigenvalue weighted by molar-refractivity contribution is -0.160. The van der Waals surface area contributed by atoms with Crippen LogP contribution < -0.4 is 30.7 Å². The van der Waals surface area contributed by atoms with Crippen molar-refractivity contribution in [1.82, 2.24) is 16.0 Å². The van der Waals surface area contributed by atoms with Crippen LogP contribution in [0.15, 0.2) is 42.2 Å². The molecule has 71 heavy (non-hydrogen) atoms. The van der Waals surface area contributed by atoms with Crippen molar-refractivity contribution in [3.63, 3.8) is 0 Å². The SMILES string of the molecule is CCCCCNC(=N)CCCSCC(=O)NCNC(=O)COc1cc2c(O)c3c(O)c(C)c4c(c13)C(=O)[C@@](C)(O/C=C/[C@H](OC)[C@@H](C)[C@@H](OC(C)=O)[C@H](C)[C@H](O)[C@H](C)[C@@H](O)[C@@H](C)/C=C/C=C(/C)C(=O)N2)O4. The Morgan fingerprint density at radius 1 is 0.930 bits per heavy atom. The van der Waals surface area contributed by atoms with E-state index < -0.39 is 95.5 Å². The number of aliphatic hydroxyl groups is 2. The number of hydrogen-bond acceptors (Lipinski definition) is 16. The first-order chi connectivity index (χ1) is 33.6. The van der Waals surface area contributed by atoms with Crippen LogP contribution >= 0.6 is 11.8 Å². The summed E-state index contributed by atoms with van der Waals surface area (Å²) >= 11 is 1.40. The number of Topliss-reactive ketones (excluding diaryl/α,β-unsaturated/α-hetero) is 1. The number of aliphatic hydroxyl groups excluding tert-OH is 2. The molecule has 0 radical (unpaired) electrons. The average molecular weight is 1010 g/mol. The van der Waals surface area contributed by atoms with E-state index in [9.17, 15) is 44.4 Å². The van der Waals surface area contributed by atoms with Crippen LogP contribution in [-0.2, 0) is 33.4 Å². The number of amidine groups is 1. The minimum Gasteiger partial charge on any atom is -0.507 e. The zero-order valence-electron chi connectivity index (χ0n) is 42.4. The van der Waals surface area contributed by atoms with Gasteiger partial charge in [-0.3, -0.25) is 29.4 Å². The molecule has 0 saturated heterocycles. The summed E-state index contributed by atoms with van der Waals surface area (Å²) in [4.78, 5) is 66.3. The van der Waals surface area contributed by atoms with Gasteiger partial charge in [-0.15, -0.1) is 0 Å². The molecule has 0 spiro atoms. The van der Waals surface area contributed by atoms with E-state index >= 15 is 0 Å². The molecule has 20 heteroatoms. The summed E-state index contributed by atoms with van der Waals surface area (Å²) in [6.07, 6.45) is 7.89. The third-order valence-corrected chi connectivity index (χ3v) is 13.9. The molecular formula is C51H73N5O14S. The Morgan fingerprint density at radius 2 is 1.63 bits per heavy atom. The molecule has 0 aliphatic carbocycles. The number of esters is 1. The highest BCUT2D eigenvalue weighted by Gasteiger charge is 2.50. The highest BCUT2D eigenvalue weighted by molar-refractivity contribution is 7.99. The highest BCUT2D eigenvalue weighted by atomic mass is 32.2. The second kappa shape index (κ2) is 26.6. The highest BCUT2D eigenvalue weighted by Crippen LogP contribution is 2.54. The fourth-order valence-corrected chi connectivity index (χ4v) is 9.23. The molecule has 9 N–H and O–H groups in total. The van der Waals surface area contributed by atoms with Crippen molar-refractivity contribution >= 4 is 63.5 Å². The topological polar surface area (TPSA) is 284 Å². The van der Waals surface area contributed by atoms with E-state index in [1.165, 1.54) is 71.0 Å². The summed E-state index contributed by atoms with van der Waals surface area (Å²) < 4.78 is 29.7. The quantitative estimate of drug-likeness (QED) is 0.0223. The van der Waals surface area contributed by atoms with Crippen LogP contribution in [0.1, 0.15) is 103 Å². The Labute approximate surface area is 420 Å². The predicted molar refractivity (Wildman–Crippen MR) is 271 cm³/mol. The number of anilines is 1. The van der Waals surface area contributed by atoms with E-state index in [2.05, 4.69) is 28.2 Å². The first-order valence-corrected chi connectivity index (χ1v) is 25.1. The number of nitrogens with one attached hydrogen (secondary N) is 5. The maximum absolute atomic E-state index is 14.6. The van der Waals surface area contributed by atoms with Gasteiger partial charge in [-0.1, -0.05) is 65.7 Å². The molecule has 0 fully saturated rings. The second-order valence-corrected chi connectivity index (χ2v) is 19.4. The van der Waals surface area contributed by atoms with Gasteiger partial charge in [-0.05, 0) is 38.5 Å². The molecule has 3 aliphatic heterocycles. The number of phenols is 2. The Hall–Kier alpha value is -5.83. The largest absolute Gasteiger partial charge is 0.507 e. The molecule has 3 amide bonds. The van der Waals surface area contributed by atoms with Crippen LogP contribution in [0.3, 0.4) is 0 Å². The Bertz CT molecular complexity index is 2360. The molecular weight excluding hydrogens is 939 g/mol. The predicted octanol–water partition coefficient (Wildman–Crippen LogP) is 5.89. The summed E-state index contributed by atoms with van der Waals surface area (Å²) in [6, 6.07) is 1.20. The van der Waals surface area contributed by atoms with Crippen molar-refractivity contribution in [1.29, 1.82) is 5.41 Å². The fourth-order valence-electron chi connectivity index (χ4n) is 8.45. The number of methoxy groups -OCH3 is 1. The minimum absolute atomic E-state index is 0.0280. The van der Waals surface area contributed by atoms with Gasteiger partial charge >= 0.3 is 11.8 Å². The van der Waals surface area contributed by atoms with Crippen molar-refractivity contribution in [2.45, 2.75) is 125 Å². The molecule has 2 aromatic carbocycles. The molecule has 3 aliphatic rings. The number of phenolic OH excluding ortho intramolecular Hbond substituents is 2. The number of amides is 3. The number of allylic oxidation sites excluding steroid dienone is 2. The van der Waals surface area contributed by atoms with Crippen molar-refractivity contribution in [2.75, 3.05) is 43.8 Å². The first kappa shape index (κ1) is 57.7. The molecule has 0 aromatic heterocycles. The summed E-state index contributed by atoms with van der Waals surface area (Å²) in [5.74, 6) is -7.97. The van der Waals surface area contributed by atoms with Gasteiger partial charge in [0.1, 0.15) is 23.4 Å². The van der Waals surface area contributed by atoms with E-state index in [0.29, 0.717) is 18.0 Å². The van der Waals surface area contributed by atoms with Gasteiger partial charge < -0.3 is 65.4 Å². The number of rotatable bonds is 17. The van der Waals surface area contributed by atoms with E-state index in [-0.39, 0.29) is 63.0 Å². The Balaban J connectivity index is 1.66. The number of carbonyl (C=O) groups excluding carboxylic acids is 5. The van der Waals surface area contributed by atoms with Gasteiger partial charge in [0, 0.05) is 80.2 Å². The van der Waals surface area contributed by atoms with Crippen LogP contribution in [-0.4, -0.2) is 124 Å². The molecule has 0 saturated carbocycles. The van der Waals surface area contributed by atoms with Crippen LogP contribution in [0.5, 0.6) is 23.0 Å². The van der Waals surface area contributed by atoms with Crippen molar-refractivity contribution in [3.05, 3.63) is 53.3 Å². The van der Waals surface area contributed by atoms with E-state index in [1.54, 1.807) is 39.8 Å². The monoisotopic (exact) mass is 1010 g/mol. The zero-order valence-corrected chi connectivity index (χ0v) is 43.3. The standard InChI is InChI=1S/C51H73N5O14S/c1-11-12-13-20-53-37(52)18-15-22-71-25-39(59)55-26-54-38(58)24-67-36-23-34-46(63)41-40(36)42-48(32(7)45(41)62)70-51(9,49(42)64)68-21-19-35(66-10)29(4)47(69-33(8)57)31(6)44(61)30(5)43(60)27(2)16-14-17-28(3)50(65)56-34/h14,16-17,19,21,23,27,29-31,35,43-44,47,60-63H,11-13,15,18,20,22,24-26H2,1-10H3,(H2,52,53)(H,54,58)(H,55,59)(H,56,65)/b16-14+,21-19+,28-17-/t27-,29+,30+,31+,35-,43-,44+,47+,51-/m0/s1. The number of ketones is 1. The lowest BCUT2D eigenvalue weighted by atomic mass is 9.78. The van der Waals surface area contributed by atoms with Crippen molar-refractivity contribution in [3.8, 4) is 23.0 Å². The number of ether oxygens (including phenoxy) is 5. The molecule has 5 bridgehead atoms.